The predicted octanol–water partition coefficient (Wildman–Crippen LogP) is 3.86. The van der Waals surface area contributed by atoms with Crippen molar-refractivity contribution < 1.29 is 4.74 Å². The molecule has 0 aliphatic heterocycles. The van der Waals surface area contributed by atoms with E-state index in [9.17, 15) is 0 Å². The molecule has 1 rings (SSSR count). The zero-order valence-electron chi connectivity index (χ0n) is 10.7. The number of ether oxygens (including phenoxy) is 1. The molecule has 1 unspecified atom stereocenters. The van der Waals surface area contributed by atoms with Crippen LogP contribution in [0.3, 0.4) is 0 Å². The average molecular weight is 298 g/mol. The molecule has 94 valence electrons. The third kappa shape index (κ3) is 4.92. The number of methoxy groups -OCH3 is 1. The molecule has 1 atom stereocenters. The normalized spacial score (nSPS) is 12.9. The second kappa shape index (κ2) is 7.51. The van der Waals surface area contributed by atoms with Crippen LogP contribution >= 0.6 is 15.9 Å². The van der Waals surface area contributed by atoms with Crippen LogP contribution in [0.1, 0.15) is 25.8 Å². The zero-order chi connectivity index (χ0) is 12.7. The van der Waals surface area contributed by atoms with Gasteiger partial charge in [-0.25, -0.2) is 0 Å². The van der Waals surface area contributed by atoms with Gasteiger partial charge in [-0.05, 0) is 38.1 Å². The van der Waals surface area contributed by atoms with Crippen LogP contribution < -0.4 is 10.1 Å². The Bertz CT molecular complexity index is 376. The van der Waals surface area contributed by atoms with Crippen molar-refractivity contribution in [3.63, 3.8) is 0 Å². The van der Waals surface area contributed by atoms with Gasteiger partial charge in [-0.2, -0.15) is 0 Å². The molecule has 0 bridgehead atoms. The summed E-state index contributed by atoms with van der Waals surface area (Å²) in [6, 6.07) is 6.38. The second-order valence-electron chi connectivity index (χ2n) is 3.99. The first-order chi connectivity index (χ1) is 8.17. The molecule has 0 aromatic heterocycles. The van der Waals surface area contributed by atoms with Crippen molar-refractivity contribution in [1.29, 1.82) is 0 Å². The topological polar surface area (TPSA) is 21.3 Å². The molecule has 0 aliphatic rings. The van der Waals surface area contributed by atoms with Crippen molar-refractivity contribution in [2.75, 3.05) is 13.7 Å². The first-order valence-corrected chi connectivity index (χ1v) is 6.71. The summed E-state index contributed by atoms with van der Waals surface area (Å²) in [7, 11) is 1.69. The smallest absolute Gasteiger partial charge is 0.126 e. The second-order valence-corrected chi connectivity index (χ2v) is 4.90. The Labute approximate surface area is 112 Å². The number of hydrogen-bond donors (Lipinski definition) is 1. The predicted molar refractivity (Wildman–Crippen MR) is 77.5 cm³/mol. The van der Waals surface area contributed by atoms with Crippen LogP contribution in [0, 0.1) is 0 Å². The summed E-state index contributed by atoms with van der Waals surface area (Å²) in [5.41, 5.74) is 1.09. The van der Waals surface area contributed by atoms with Crippen molar-refractivity contribution in [1.82, 2.24) is 5.32 Å². The van der Waals surface area contributed by atoms with E-state index in [2.05, 4.69) is 53.3 Å². The van der Waals surface area contributed by atoms with Crippen LogP contribution in [0.5, 0.6) is 5.75 Å². The van der Waals surface area contributed by atoms with E-state index in [1.54, 1.807) is 7.11 Å². The van der Waals surface area contributed by atoms with E-state index < -0.39 is 0 Å². The highest BCUT2D eigenvalue weighted by Gasteiger charge is 2.01. The van der Waals surface area contributed by atoms with Gasteiger partial charge in [0.1, 0.15) is 5.75 Å². The molecule has 2 nitrogen and oxygen atoms in total. The van der Waals surface area contributed by atoms with Crippen molar-refractivity contribution in [2.45, 2.75) is 26.3 Å². The molecule has 3 heteroatoms. The van der Waals surface area contributed by atoms with Crippen molar-refractivity contribution >= 4 is 22.0 Å². The Balaban J connectivity index is 2.72. The van der Waals surface area contributed by atoms with Gasteiger partial charge in [0.2, 0.25) is 0 Å². The van der Waals surface area contributed by atoms with Crippen LogP contribution in [0.2, 0.25) is 0 Å². The number of nitrogens with one attached hydrogen (secondary N) is 1. The Morgan fingerprint density at radius 3 is 2.88 bits per heavy atom. The lowest BCUT2D eigenvalue weighted by atomic mass is 10.1. The fraction of sp³-hybridized carbons (Fsp3) is 0.429. The van der Waals surface area contributed by atoms with E-state index in [-0.39, 0.29) is 0 Å². The minimum Gasteiger partial charge on any atom is -0.496 e. The molecule has 0 fully saturated rings. The fourth-order valence-corrected chi connectivity index (χ4v) is 1.90. The Hall–Kier alpha value is -0.800. The van der Waals surface area contributed by atoms with E-state index in [0.29, 0.717) is 6.04 Å². The number of rotatable bonds is 6. The summed E-state index contributed by atoms with van der Waals surface area (Å²) in [6.07, 6.45) is 5.40. The molecule has 1 aromatic carbocycles. The molecule has 0 amide bonds. The Kier molecular flexibility index (Phi) is 6.30. The van der Waals surface area contributed by atoms with Gasteiger partial charge in [-0.15, -0.1) is 0 Å². The maximum absolute atomic E-state index is 5.32. The van der Waals surface area contributed by atoms with E-state index in [1.165, 1.54) is 0 Å². The van der Waals surface area contributed by atoms with Crippen LogP contribution in [0.4, 0.5) is 0 Å². The summed E-state index contributed by atoms with van der Waals surface area (Å²) in [5.74, 6) is 0.896. The van der Waals surface area contributed by atoms with Crippen LogP contribution in [-0.2, 0) is 0 Å². The summed E-state index contributed by atoms with van der Waals surface area (Å²) in [6.45, 7) is 5.36. The van der Waals surface area contributed by atoms with Gasteiger partial charge in [0.15, 0.2) is 0 Å². The third-order valence-corrected chi connectivity index (χ3v) is 2.97. The van der Waals surface area contributed by atoms with Crippen molar-refractivity contribution in [3.8, 4) is 5.75 Å². The molecule has 0 radical (unpaired) electrons. The lowest BCUT2D eigenvalue weighted by Gasteiger charge is -2.09. The molecule has 0 saturated heterocycles. The SMILES string of the molecule is CCCNC(C)/C=C/c1cc(Br)ccc1OC. The largest absolute Gasteiger partial charge is 0.496 e. The molecule has 17 heavy (non-hydrogen) atoms. The van der Waals surface area contributed by atoms with Crippen LogP contribution in [0.15, 0.2) is 28.7 Å². The van der Waals surface area contributed by atoms with Crippen molar-refractivity contribution in [2.24, 2.45) is 0 Å². The maximum Gasteiger partial charge on any atom is 0.126 e. The van der Waals surface area contributed by atoms with Gasteiger partial charge < -0.3 is 10.1 Å². The lowest BCUT2D eigenvalue weighted by Crippen LogP contribution is -2.24. The number of benzene rings is 1. The third-order valence-electron chi connectivity index (χ3n) is 2.47. The molecule has 0 saturated carbocycles. The first-order valence-electron chi connectivity index (χ1n) is 5.92. The first kappa shape index (κ1) is 14.3. The standard InChI is InChI=1S/C14H20BrNO/c1-4-9-16-11(2)5-6-12-10-13(15)7-8-14(12)17-3/h5-8,10-11,16H,4,9H2,1-3H3/b6-5+. The van der Waals surface area contributed by atoms with E-state index in [1.807, 2.05) is 12.1 Å². The molecule has 1 aromatic rings. The zero-order valence-corrected chi connectivity index (χ0v) is 12.3. The summed E-state index contributed by atoms with van der Waals surface area (Å²) in [5, 5.41) is 3.42. The fourth-order valence-electron chi connectivity index (χ4n) is 1.52. The maximum atomic E-state index is 5.32. The molecule has 1 N–H and O–H groups in total. The Morgan fingerprint density at radius 1 is 1.47 bits per heavy atom. The quantitative estimate of drug-likeness (QED) is 0.861. The highest BCUT2D eigenvalue weighted by Crippen LogP contribution is 2.24. The van der Waals surface area contributed by atoms with Crippen molar-refractivity contribution in [3.05, 3.63) is 34.3 Å². The van der Waals surface area contributed by atoms with Gasteiger partial charge in [0.05, 0.1) is 7.11 Å². The average Bonchev–Trinajstić information content (AvgIpc) is 2.34. The monoisotopic (exact) mass is 297 g/mol. The lowest BCUT2D eigenvalue weighted by molar-refractivity contribution is 0.413. The highest BCUT2D eigenvalue weighted by atomic mass is 79.9. The van der Waals surface area contributed by atoms with Gasteiger partial charge in [0.25, 0.3) is 0 Å². The Morgan fingerprint density at radius 2 is 2.24 bits per heavy atom. The summed E-state index contributed by atoms with van der Waals surface area (Å²) < 4.78 is 6.38. The van der Waals surface area contributed by atoms with Gasteiger partial charge in [-0.1, -0.05) is 35.0 Å². The van der Waals surface area contributed by atoms with E-state index >= 15 is 0 Å². The highest BCUT2D eigenvalue weighted by molar-refractivity contribution is 9.10. The molecule has 0 heterocycles. The molecule has 0 aliphatic carbocycles. The van der Waals surface area contributed by atoms with Gasteiger partial charge >= 0.3 is 0 Å². The summed E-state index contributed by atoms with van der Waals surface area (Å²) in [4.78, 5) is 0. The molecular formula is C14H20BrNO. The van der Waals surface area contributed by atoms with Crippen LogP contribution in [-0.4, -0.2) is 19.7 Å². The number of hydrogen-bond acceptors (Lipinski definition) is 2. The van der Waals surface area contributed by atoms with Gasteiger partial charge in [-0.3, -0.25) is 0 Å². The minimum absolute atomic E-state index is 0.374. The van der Waals surface area contributed by atoms with Gasteiger partial charge in [0, 0.05) is 16.1 Å². The van der Waals surface area contributed by atoms with E-state index in [0.717, 1.165) is 28.8 Å². The van der Waals surface area contributed by atoms with E-state index in [4.69, 9.17) is 4.74 Å². The molecular weight excluding hydrogens is 278 g/mol. The number of halogens is 1. The van der Waals surface area contributed by atoms with Crippen LogP contribution in [0.25, 0.3) is 6.08 Å². The summed E-state index contributed by atoms with van der Waals surface area (Å²) >= 11 is 3.47. The minimum atomic E-state index is 0.374. The molecule has 0 spiro atoms.